The molecular formula is C13H17N3O4. The number of likely N-dealkylation sites (tertiary alicyclic amines) is 1. The van der Waals surface area contributed by atoms with E-state index in [9.17, 15) is 14.7 Å². The SMILES string of the molecule is NCC1(O)CN(C(=O)c2ccccc2OCC(N)=O)C1. The molecule has 1 aliphatic rings. The summed E-state index contributed by atoms with van der Waals surface area (Å²) in [5.41, 5.74) is 9.75. The lowest BCUT2D eigenvalue weighted by molar-refractivity contribution is -0.119. The first-order chi connectivity index (χ1) is 9.45. The van der Waals surface area contributed by atoms with Gasteiger partial charge in [-0.3, -0.25) is 9.59 Å². The molecule has 0 radical (unpaired) electrons. The largest absolute Gasteiger partial charge is 0.483 e. The smallest absolute Gasteiger partial charge is 0.257 e. The average Bonchev–Trinajstić information content (AvgIpc) is 2.41. The number of aliphatic hydroxyl groups is 1. The summed E-state index contributed by atoms with van der Waals surface area (Å²) < 4.78 is 5.21. The lowest BCUT2D eigenvalue weighted by atomic mass is 9.93. The number of primary amides is 1. The Hall–Kier alpha value is -2.12. The van der Waals surface area contributed by atoms with Gasteiger partial charge in [-0.1, -0.05) is 12.1 Å². The van der Waals surface area contributed by atoms with E-state index in [0.29, 0.717) is 11.3 Å². The molecule has 2 rings (SSSR count). The van der Waals surface area contributed by atoms with Crippen molar-refractivity contribution in [2.75, 3.05) is 26.2 Å². The quantitative estimate of drug-likeness (QED) is 0.618. The van der Waals surface area contributed by atoms with E-state index in [2.05, 4.69) is 0 Å². The molecule has 7 nitrogen and oxygen atoms in total. The highest BCUT2D eigenvalue weighted by Gasteiger charge is 2.43. The molecule has 0 atom stereocenters. The van der Waals surface area contributed by atoms with Crippen LogP contribution in [0.25, 0.3) is 0 Å². The van der Waals surface area contributed by atoms with Gasteiger partial charge in [-0.2, -0.15) is 0 Å². The number of ether oxygens (including phenoxy) is 1. The lowest BCUT2D eigenvalue weighted by Crippen LogP contribution is -2.66. The van der Waals surface area contributed by atoms with Crippen LogP contribution in [0.5, 0.6) is 5.75 Å². The van der Waals surface area contributed by atoms with Crippen molar-refractivity contribution in [2.45, 2.75) is 5.60 Å². The van der Waals surface area contributed by atoms with Crippen molar-refractivity contribution in [1.29, 1.82) is 0 Å². The predicted octanol–water partition coefficient (Wildman–Crippen LogP) is -1.30. The molecule has 0 spiro atoms. The molecule has 0 aliphatic carbocycles. The van der Waals surface area contributed by atoms with Crippen LogP contribution < -0.4 is 16.2 Å². The maximum atomic E-state index is 12.3. The molecule has 1 heterocycles. The van der Waals surface area contributed by atoms with Crippen LogP contribution in [0.15, 0.2) is 24.3 Å². The summed E-state index contributed by atoms with van der Waals surface area (Å²) in [5, 5.41) is 9.82. The van der Waals surface area contributed by atoms with Gasteiger partial charge in [0.1, 0.15) is 11.4 Å². The fraction of sp³-hybridized carbons (Fsp3) is 0.385. The van der Waals surface area contributed by atoms with Crippen molar-refractivity contribution in [3.63, 3.8) is 0 Å². The molecule has 108 valence electrons. The summed E-state index contributed by atoms with van der Waals surface area (Å²) >= 11 is 0. The van der Waals surface area contributed by atoms with Gasteiger partial charge in [-0.05, 0) is 12.1 Å². The molecule has 2 amide bonds. The number of carbonyl (C=O) groups excluding carboxylic acids is 2. The second kappa shape index (κ2) is 5.48. The van der Waals surface area contributed by atoms with E-state index in [-0.39, 0.29) is 32.1 Å². The number of nitrogens with zero attached hydrogens (tertiary/aromatic N) is 1. The fourth-order valence-corrected chi connectivity index (χ4v) is 2.03. The highest BCUT2D eigenvalue weighted by Crippen LogP contribution is 2.26. The summed E-state index contributed by atoms with van der Waals surface area (Å²) in [4.78, 5) is 24.5. The highest BCUT2D eigenvalue weighted by atomic mass is 16.5. The van der Waals surface area contributed by atoms with Crippen molar-refractivity contribution < 1.29 is 19.4 Å². The molecule has 1 aromatic rings. The molecule has 20 heavy (non-hydrogen) atoms. The topological polar surface area (TPSA) is 119 Å². The van der Waals surface area contributed by atoms with Crippen LogP contribution in [0.2, 0.25) is 0 Å². The van der Waals surface area contributed by atoms with Gasteiger partial charge in [-0.25, -0.2) is 0 Å². The molecule has 1 saturated heterocycles. The van der Waals surface area contributed by atoms with E-state index in [1.807, 2.05) is 0 Å². The summed E-state index contributed by atoms with van der Waals surface area (Å²) in [6, 6.07) is 6.57. The van der Waals surface area contributed by atoms with Gasteiger partial charge in [0.2, 0.25) is 0 Å². The van der Waals surface area contributed by atoms with Crippen LogP contribution in [0.4, 0.5) is 0 Å². The number of para-hydroxylation sites is 1. The zero-order valence-corrected chi connectivity index (χ0v) is 10.9. The number of hydrogen-bond acceptors (Lipinski definition) is 5. The molecule has 0 saturated carbocycles. The van der Waals surface area contributed by atoms with Crippen LogP contribution in [0.3, 0.4) is 0 Å². The zero-order valence-electron chi connectivity index (χ0n) is 10.9. The number of nitrogens with two attached hydrogens (primary N) is 2. The van der Waals surface area contributed by atoms with Crippen LogP contribution in [-0.2, 0) is 4.79 Å². The second-order valence-corrected chi connectivity index (χ2v) is 4.84. The Morgan fingerprint density at radius 2 is 2.00 bits per heavy atom. The maximum absolute atomic E-state index is 12.3. The molecule has 0 unspecified atom stereocenters. The normalized spacial score (nSPS) is 16.4. The van der Waals surface area contributed by atoms with Gasteiger partial charge in [-0.15, -0.1) is 0 Å². The number of rotatable bonds is 5. The molecule has 1 aromatic carbocycles. The minimum Gasteiger partial charge on any atom is -0.483 e. The van der Waals surface area contributed by atoms with Crippen molar-refractivity contribution in [2.24, 2.45) is 11.5 Å². The Kier molecular flexibility index (Phi) is 3.91. The number of carbonyl (C=O) groups is 2. The van der Waals surface area contributed by atoms with Gasteiger partial charge < -0.3 is 26.2 Å². The third kappa shape index (κ3) is 2.89. The summed E-state index contributed by atoms with van der Waals surface area (Å²) in [5.74, 6) is -0.601. The molecule has 1 fully saturated rings. The van der Waals surface area contributed by atoms with E-state index >= 15 is 0 Å². The molecule has 0 aromatic heterocycles. The Morgan fingerprint density at radius 3 is 2.60 bits per heavy atom. The first kappa shape index (κ1) is 14.3. The number of amides is 2. The van der Waals surface area contributed by atoms with Crippen molar-refractivity contribution in [3.05, 3.63) is 29.8 Å². The molecule has 0 bridgehead atoms. The Morgan fingerprint density at radius 1 is 1.35 bits per heavy atom. The monoisotopic (exact) mass is 279 g/mol. The van der Waals surface area contributed by atoms with Gasteiger partial charge >= 0.3 is 0 Å². The van der Waals surface area contributed by atoms with Crippen LogP contribution in [-0.4, -0.2) is 53.7 Å². The van der Waals surface area contributed by atoms with Crippen LogP contribution in [0.1, 0.15) is 10.4 Å². The van der Waals surface area contributed by atoms with Crippen LogP contribution in [0, 0.1) is 0 Å². The number of benzene rings is 1. The Labute approximate surface area is 116 Å². The average molecular weight is 279 g/mol. The maximum Gasteiger partial charge on any atom is 0.257 e. The van der Waals surface area contributed by atoms with Gasteiger partial charge in [0.05, 0.1) is 18.7 Å². The van der Waals surface area contributed by atoms with Gasteiger partial charge in [0.15, 0.2) is 6.61 Å². The molecular weight excluding hydrogens is 262 g/mol. The minimum atomic E-state index is -1.00. The van der Waals surface area contributed by atoms with Crippen molar-refractivity contribution in [1.82, 2.24) is 4.90 Å². The first-order valence-corrected chi connectivity index (χ1v) is 6.17. The fourth-order valence-electron chi connectivity index (χ4n) is 2.03. The first-order valence-electron chi connectivity index (χ1n) is 6.17. The second-order valence-electron chi connectivity index (χ2n) is 4.84. The van der Waals surface area contributed by atoms with E-state index in [1.54, 1.807) is 24.3 Å². The predicted molar refractivity (Wildman–Crippen MR) is 71.0 cm³/mol. The van der Waals surface area contributed by atoms with E-state index in [0.717, 1.165) is 0 Å². The zero-order chi connectivity index (χ0) is 14.8. The molecule has 7 heteroatoms. The highest BCUT2D eigenvalue weighted by molar-refractivity contribution is 5.97. The third-order valence-electron chi connectivity index (χ3n) is 3.12. The minimum absolute atomic E-state index is 0.108. The van der Waals surface area contributed by atoms with Crippen LogP contribution >= 0.6 is 0 Å². The summed E-state index contributed by atoms with van der Waals surface area (Å²) in [6.45, 7) is 0.187. The Bertz CT molecular complexity index is 526. The van der Waals surface area contributed by atoms with E-state index < -0.39 is 11.5 Å². The third-order valence-corrected chi connectivity index (χ3v) is 3.12. The van der Waals surface area contributed by atoms with Gasteiger partial charge in [0.25, 0.3) is 11.8 Å². The van der Waals surface area contributed by atoms with Crippen molar-refractivity contribution in [3.8, 4) is 5.75 Å². The lowest BCUT2D eigenvalue weighted by Gasteiger charge is -2.45. The van der Waals surface area contributed by atoms with E-state index in [1.165, 1.54) is 4.90 Å². The van der Waals surface area contributed by atoms with E-state index in [4.69, 9.17) is 16.2 Å². The summed E-state index contributed by atoms with van der Waals surface area (Å²) in [6.07, 6.45) is 0. The number of β-amino-alcohol motifs (C(OH)–C–C–N with tert-alkyl or cyclic N) is 1. The van der Waals surface area contributed by atoms with Gasteiger partial charge in [0, 0.05) is 6.54 Å². The number of hydrogen-bond donors (Lipinski definition) is 3. The van der Waals surface area contributed by atoms with Crippen molar-refractivity contribution >= 4 is 11.8 Å². The standard InChI is InChI=1S/C13H17N3O4/c14-6-13(19)7-16(8-13)12(18)9-3-1-2-4-10(9)20-5-11(15)17/h1-4,19H,5-8,14H2,(H2,15,17). The summed E-state index contributed by atoms with van der Waals surface area (Å²) in [7, 11) is 0. The Balaban J connectivity index is 2.09. The molecule has 5 N–H and O–H groups in total. The molecule has 1 aliphatic heterocycles.